The molecule has 0 bridgehead atoms. The van der Waals surface area contributed by atoms with Crippen LogP contribution in [0.2, 0.25) is 0 Å². The maximum absolute atomic E-state index is 13.6. The highest BCUT2D eigenvalue weighted by atomic mass is 19.1. The van der Waals surface area contributed by atoms with Crippen molar-refractivity contribution in [1.82, 2.24) is 4.90 Å². The Bertz CT molecular complexity index is 1270. The Hall–Kier alpha value is -3.93. The van der Waals surface area contributed by atoms with Crippen LogP contribution in [-0.2, 0) is 22.6 Å². The summed E-state index contributed by atoms with van der Waals surface area (Å²) in [5, 5.41) is 11.2. The van der Waals surface area contributed by atoms with Gasteiger partial charge in [0, 0.05) is 18.5 Å². The molecule has 0 spiro atoms. The molecule has 2 atom stereocenters. The SMILES string of the molecule is CC1Cc2cc(C(O)=C3C(=O)C(=O)N(Cc4ccccc4)C3c3ccc(F)cc3)ccc2O1. The first-order valence-corrected chi connectivity index (χ1v) is 10.8. The van der Waals surface area contributed by atoms with Crippen molar-refractivity contribution in [3.8, 4) is 5.75 Å². The summed E-state index contributed by atoms with van der Waals surface area (Å²) in [5.74, 6) is -1.39. The van der Waals surface area contributed by atoms with E-state index in [2.05, 4.69) is 0 Å². The van der Waals surface area contributed by atoms with E-state index in [1.165, 1.54) is 29.2 Å². The smallest absolute Gasteiger partial charge is 0.295 e. The molecule has 1 fully saturated rings. The molecule has 6 heteroatoms. The highest BCUT2D eigenvalue weighted by Gasteiger charge is 2.46. The maximum Gasteiger partial charge on any atom is 0.295 e. The first kappa shape index (κ1) is 20.9. The van der Waals surface area contributed by atoms with E-state index in [-0.39, 0.29) is 24.0 Å². The van der Waals surface area contributed by atoms with Crippen LogP contribution in [0.5, 0.6) is 5.75 Å². The Labute approximate surface area is 190 Å². The largest absolute Gasteiger partial charge is 0.507 e. The molecule has 3 aromatic carbocycles. The average molecular weight is 443 g/mol. The van der Waals surface area contributed by atoms with Gasteiger partial charge in [0.25, 0.3) is 11.7 Å². The lowest BCUT2D eigenvalue weighted by Crippen LogP contribution is -2.29. The summed E-state index contributed by atoms with van der Waals surface area (Å²) in [4.78, 5) is 27.6. The lowest BCUT2D eigenvalue weighted by molar-refractivity contribution is -0.140. The van der Waals surface area contributed by atoms with Crippen molar-refractivity contribution in [2.75, 3.05) is 0 Å². The normalized spacial score (nSPS) is 21.2. The number of halogens is 1. The van der Waals surface area contributed by atoms with Crippen LogP contribution in [-0.4, -0.2) is 27.8 Å². The van der Waals surface area contributed by atoms with E-state index in [4.69, 9.17) is 4.74 Å². The summed E-state index contributed by atoms with van der Waals surface area (Å²) in [7, 11) is 0. The third-order valence-corrected chi connectivity index (χ3v) is 6.09. The number of aliphatic hydroxyl groups excluding tert-OH is 1. The van der Waals surface area contributed by atoms with Crippen molar-refractivity contribution in [3.63, 3.8) is 0 Å². The van der Waals surface area contributed by atoms with Crippen LogP contribution in [0.25, 0.3) is 5.76 Å². The summed E-state index contributed by atoms with van der Waals surface area (Å²) >= 11 is 0. The third kappa shape index (κ3) is 3.78. The van der Waals surface area contributed by atoms with Crippen LogP contribution in [0, 0.1) is 5.82 Å². The van der Waals surface area contributed by atoms with E-state index in [0.717, 1.165) is 16.9 Å². The minimum absolute atomic E-state index is 0.00514. The predicted molar refractivity (Wildman–Crippen MR) is 121 cm³/mol. The monoisotopic (exact) mass is 443 g/mol. The molecular weight excluding hydrogens is 421 g/mol. The van der Waals surface area contributed by atoms with Gasteiger partial charge in [-0.15, -0.1) is 0 Å². The van der Waals surface area contributed by atoms with Gasteiger partial charge in [-0.05, 0) is 53.9 Å². The minimum Gasteiger partial charge on any atom is -0.507 e. The van der Waals surface area contributed by atoms with Gasteiger partial charge in [0.05, 0.1) is 11.6 Å². The fraction of sp³-hybridized carbons (Fsp3) is 0.185. The number of rotatable bonds is 4. The number of aliphatic hydroxyl groups is 1. The molecule has 2 heterocycles. The van der Waals surface area contributed by atoms with Gasteiger partial charge in [-0.2, -0.15) is 0 Å². The van der Waals surface area contributed by atoms with E-state index in [1.54, 1.807) is 18.2 Å². The Kier molecular flexibility index (Phi) is 5.21. The molecule has 0 saturated carbocycles. The lowest BCUT2D eigenvalue weighted by atomic mass is 9.94. The highest BCUT2D eigenvalue weighted by Crippen LogP contribution is 2.41. The van der Waals surface area contributed by atoms with Gasteiger partial charge >= 0.3 is 0 Å². The van der Waals surface area contributed by atoms with Crippen molar-refractivity contribution < 1.29 is 23.8 Å². The fourth-order valence-electron chi connectivity index (χ4n) is 4.54. The molecule has 3 aromatic rings. The number of fused-ring (bicyclic) bond motifs is 1. The highest BCUT2D eigenvalue weighted by molar-refractivity contribution is 6.46. The molecule has 0 aliphatic carbocycles. The molecular formula is C27H22FNO4. The Morgan fingerprint density at radius 2 is 1.79 bits per heavy atom. The second kappa shape index (κ2) is 8.20. The number of Topliss-reactive ketones (excluding diaryl/α,β-unsaturated/α-hetero) is 1. The minimum atomic E-state index is -0.839. The molecule has 1 amide bonds. The van der Waals surface area contributed by atoms with E-state index >= 15 is 0 Å². The molecule has 166 valence electrons. The molecule has 2 aliphatic rings. The van der Waals surface area contributed by atoms with Crippen LogP contribution >= 0.6 is 0 Å². The van der Waals surface area contributed by atoms with Crippen LogP contribution < -0.4 is 4.74 Å². The molecule has 5 nitrogen and oxygen atoms in total. The Morgan fingerprint density at radius 1 is 1.06 bits per heavy atom. The Balaban J connectivity index is 1.62. The Morgan fingerprint density at radius 3 is 2.52 bits per heavy atom. The number of carbonyl (C=O) groups is 2. The zero-order chi connectivity index (χ0) is 23.1. The van der Waals surface area contributed by atoms with Gasteiger partial charge in [0.15, 0.2) is 0 Å². The van der Waals surface area contributed by atoms with Crippen LogP contribution in [0.1, 0.15) is 35.2 Å². The first-order valence-electron chi connectivity index (χ1n) is 10.8. The zero-order valence-corrected chi connectivity index (χ0v) is 18.0. The standard InChI is InChI=1S/C27H22FNO4/c1-16-13-20-14-19(9-12-22(20)33-16)25(30)23-24(18-7-10-21(28)11-8-18)29(27(32)26(23)31)15-17-5-3-2-4-6-17/h2-12,14,16,24,30H,13,15H2,1H3. The van der Waals surface area contributed by atoms with E-state index in [0.29, 0.717) is 17.5 Å². The maximum atomic E-state index is 13.6. The summed E-state index contributed by atoms with van der Waals surface area (Å²) in [6.45, 7) is 2.14. The number of likely N-dealkylation sites (tertiary alicyclic amines) is 1. The van der Waals surface area contributed by atoms with Gasteiger partial charge in [-0.1, -0.05) is 42.5 Å². The predicted octanol–water partition coefficient (Wildman–Crippen LogP) is 4.77. The topological polar surface area (TPSA) is 66.8 Å². The number of carbonyl (C=O) groups excluding carboxylic acids is 2. The molecule has 5 rings (SSSR count). The van der Waals surface area contributed by atoms with Gasteiger partial charge in [-0.25, -0.2) is 4.39 Å². The van der Waals surface area contributed by atoms with Crippen LogP contribution in [0.3, 0.4) is 0 Å². The lowest BCUT2D eigenvalue weighted by Gasteiger charge is -2.25. The van der Waals surface area contributed by atoms with Gasteiger partial charge < -0.3 is 14.7 Å². The van der Waals surface area contributed by atoms with Crippen LogP contribution in [0.4, 0.5) is 4.39 Å². The fourth-order valence-corrected chi connectivity index (χ4v) is 4.54. The molecule has 1 saturated heterocycles. The number of hydrogen-bond donors (Lipinski definition) is 1. The summed E-state index contributed by atoms with van der Waals surface area (Å²) in [6, 6.07) is 19.3. The quantitative estimate of drug-likeness (QED) is 0.358. The average Bonchev–Trinajstić information content (AvgIpc) is 3.31. The van der Waals surface area contributed by atoms with E-state index in [9.17, 15) is 19.1 Å². The first-order chi connectivity index (χ1) is 15.9. The van der Waals surface area contributed by atoms with Crippen molar-refractivity contribution >= 4 is 17.4 Å². The zero-order valence-electron chi connectivity index (χ0n) is 18.0. The van der Waals surface area contributed by atoms with Crippen LogP contribution in [0.15, 0.2) is 78.4 Å². The summed E-state index contributed by atoms with van der Waals surface area (Å²) < 4.78 is 19.4. The number of ether oxygens (including phenoxy) is 1. The van der Waals surface area contributed by atoms with Crippen molar-refractivity contribution in [2.24, 2.45) is 0 Å². The van der Waals surface area contributed by atoms with Gasteiger partial charge in [0.2, 0.25) is 0 Å². The number of benzene rings is 3. The summed E-state index contributed by atoms with van der Waals surface area (Å²) in [6.07, 6.45) is 0.730. The second-order valence-electron chi connectivity index (χ2n) is 8.42. The van der Waals surface area contributed by atoms with Crippen molar-refractivity contribution in [3.05, 3.63) is 106 Å². The van der Waals surface area contributed by atoms with E-state index in [1.807, 2.05) is 37.3 Å². The molecule has 2 aliphatic heterocycles. The number of amides is 1. The molecule has 33 heavy (non-hydrogen) atoms. The molecule has 0 aromatic heterocycles. The van der Waals surface area contributed by atoms with E-state index < -0.39 is 23.5 Å². The molecule has 0 radical (unpaired) electrons. The van der Waals surface area contributed by atoms with Crippen molar-refractivity contribution in [1.29, 1.82) is 0 Å². The molecule has 2 unspecified atom stereocenters. The van der Waals surface area contributed by atoms with Crippen molar-refractivity contribution in [2.45, 2.75) is 32.0 Å². The third-order valence-electron chi connectivity index (χ3n) is 6.09. The second-order valence-corrected chi connectivity index (χ2v) is 8.42. The van der Waals surface area contributed by atoms with Gasteiger partial charge in [-0.3, -0.25) is 9.59 Å². The number of nitrogens with zero attached hydrogens (tertiary/aromatic N) is 1. The van der Waals surface area contributed by atoms with Gasteiger partial charge in [0.1, 0.15) is 23.4 Å². The molecule has 1 N–H and O–H groups in total. The summed E-state index contributed by atoms with van der Waals surface area (Å²) in [5.41, 5.74) is 2.76. The number of hydrogen-bond acceptors (Lipinski definition) is 4. The number of ketones is 1.